The van der Waals surface area contributed by atoms with E-state index in [9.17, 15) is 9.59 Å². The number of rotatable bonds is 11. The number of benzene rings is 1. The van der Waals surface area contributed by atoms with Crippen LogP contribution >= 0.6 is 0 Å². The van der Waals surface area contributed by atoms with Crippen molar-refractivity contribution in [2.24, 2.45) is 5.92 Å². The molecule has 0 saturated carbocycles. The number of carbonyl (C=O) groups is 2. The molecule has 0 atom stereocenters. The Bertz CT molecular complexity index is 701. The number of nitrogens with zero attached hydrogens (tertiary/aromatic N) is 1. The summed E-state index contributed by atoms with van der Waals surface area (Å²) < 4.78 is 22.1. The van der Waals surface area contributed by atoms with E-state index in [-0.39, 0.29) is 12.6 Å². The lowest BCUT2D eigenvalue weighted by atomic mass is 10.1. The molecular formula is C22H34N2O6. The molecule has 0 aliphatic carbocycles. The molecule has 1 N–H and O–H groups in total. The molecule has 1 heterocycles. The molecule has 1 saturated heterocycles. The van der Waals surface area contributed by atoms with Gasteiger partial charge in [-0.05, 0) is 26.2 Å². The summed E-state index contributed by atoms with van der Waals surface area (Å²) in [5.41, 5.74) is 1.39. The van der Waals surface area contributed by atoms with Gasteiger partial charge in [-0.2, -0.15) is 0 Å². The molecule has 1 aliphatic rings. The third kappa shape index (κ3) is 7.40. The Morgan fingerprint density at radius 1 is 1.10 bits per heavy atom. The van der Waals surface area contributed by atoms with Gasteiger partial charge in [0, 0.05) is 31.6 Å². The second kappa shape index (κ2) is 12.3. The summed E-state index contributed by atoms with van der Waals surface area (Å²) in [4.78, 5) is 26.3. The fourth-order valence-electron chi connectivity index (χ4n) is 3.06. The first-order chi connectivity index (χ1) is 14.4. The smallest absolute Gasteiger partial charge is 0.306 e. The molecule has 8 nitrogen and oxygen atoms in total. The molecule has 0 aromatic heterocycles. The van der Waals surface area contributed by atoms with Gasteiger partial charge in [0.2, 0.25) is 0 Å². The van der Waals surface area contributed by atoms with Gasteiger partial charge in [-0.15, -0.1) is 0 Å². The minimum absolute atomic E-state index is 0.303. The van der Waals surface area contributed by atoms with Crippen molar-refractivity contribution in [3.63, 3.8) is 0 Å². The van der Waals surface area contributed by atoms with Gasteiger partial charge < -0.3 is 29.2 Å². The second-order valence-corrected chi connectivity index (χ2v) is 7.42. The van der Waals surface area contributed by atoms with Gasteiger partial charge in [0.05, 0.1) is 37.8 Å². The van der Waals surface area contributed by atoms with Crippen LogP contribution in [-0.4, -0.2) is 58.0 Å². The highest BCUT2D eigenvalue weighted by molar-refractivity contribution is 5.95. The van der Waals surface area contributed by atoms with Gasteiger partial charge >= 0.3 is 5.97 Å². The van der Waals surface area contributed by atoms with E-state index >= 15 is 0 Å². The van der Waals surface area contributed by atoms with Crippen LogP contribution in [0.5, 0.6) is 11.5 Å². The average Bonchev–Trinajstić information content (AvgIpc) is 2.73. The van der Waals surface area contributed by atoms with E-state index in [1.165, 1.54) is 0 Å². The zero-order valence-corrected chi connectivity index (χ0v) is 18.5. The van der Waals surface area contributed by atoms with Crippen molar-refractivity contribution in [1.82, 2.24) is 0 Å². The summed E-state index contributed by atoms with van der Waals surface area (Å²) in [6, 6.07) is 3.64. The number of hydrogen-bond donors (Lipinski definition) is 1. The summed E-state index contributed by atoms with van der Waals surface area (Å²) in [6.07, 6.45) is 1.04. The number of morpholine rings is 1. The Labute approximate surface area is 178 Å². The number of anilines is 2. The van der Waals surface area contributed by atoms with Crippen molar-refractivity contribution in [1.29, 1.82) is 0 Å². The topological polar surface area (TPSA) is 86.3 Å². The number of carbonyl (C=O) groups excluding carboxylic acids is 2. The standard InChI is InChI=1S/C22H34N2O6/c1-5-28-19-14-18(24-9-11-27-12-10-24)20(29-6-2)13-17(19)23-21(25)15-30-22(26)8-7-16(3)4/h13-14,16H,5-12,15H2,1-4H3,(H,23,25). The first-order valence-corrected chi connectivity index (χ1v) is 10.7. The van der Waals surface area contributed by atoms with Gasteiger partial charge in [-0.1, -0.05) is 13.8 Å². The molecule has 8 heteroatoms. The SMILES string of the molecule is CCOc1cc(N2CCOCC2)c(OCC)cc1NC(=O)COC(=O)CCC(C)C. The molecule has 168 valence electrons. The monoisotopic (exact) mass is 422 g/mol. The highest BCUT2D eigenvalue weighted by Gasteiger charge is 2.20. The molecule has 0 spiro atoms. The van der Waals surface area contributed by atoms with Crippen LogP contribution in [0.1, 0.15) is 40.5 Å². The van der Waals surface area contributed by atoms with Gasteiger partial charge in [0.1, 0.15) is 11.5 Å². The first kappa shape index (κ1) is 23.8. The average molecular weight is 423 g/mol. The Balaban J connectivity index is 2.12. The maximum atomic E-state index is 12.4. The molecule has 2 rings (SSSR count). The summed E-state index contributed by atoms with van der Waals surface area (Å²) in [6.45, 7) is 11.3. The zero-order valence-electron chi connectivity index (χ0n) is 18.5. The number of hydrogen-bond acceptors (Lipinski definition) is 7. The minimum Gasteiger partial charge on any atom is -0.492 e. The minimum atomic E-state index is -0.421. The zero-order chi connectivity index (χ0) is 21.9. The van der Waals surface area contributed by atoms with Crippen molar-refractivity contribution < 1.29 is 28.5 Å². The normalized spacial score (nSPS) is 13.8. The van der Waals surface area contributed by atoms with Gasteiger partial charge in [0.15, 0.2) is 6.61 Å². The molecule has 1 aromatic rings. The van der Waals surface area contributed by atoms with Crippen LogP contribution in [0.2, 0.25) is 0 Å². The number of esters is 1. The maximum absolute atomic E-state index is 12.4. The summed E-state index contributed by atoms with van der Waals surface area (Å²) >= 11 is 0. The summed E-state index contributed by atoms with van der Waals surface area (Å²) in [5.74, 6) is 0.813. The van der Waals surface area contributed by atoms with E-state index in [0.29, 0.717) is 56.0 Å². The van der Waals surface area contributed by atoms with Gasteiger partial charge in [-0.25, -0.2) is 0 Å². The molecule has 1 fully saturated rings. The van der Waals surface area contributed by atoms with Crippen LogP contribution in [-0.2, 0) is 19.1 Å². The van der Waals surface area contributed by atoms with Crippen LogP contribution < -0.4 is 19.7 Å². The number of amides is 1. The van der Waals surface area contributed by atoms with Crippen LogP contribution in [0, 0.1) is 5.92 Å². The summed E-state index contributed by atoms with van der Waals surface area (Å²) in [5, 5.41) is 2.78. The quantitative estimate of drug-likeness (QED) is 0.548. The van der Waals surface area contributed by atoms with Gasteiger partial charge in [0.25, 0.3) is 5.91 Å². The largest absolute Gasteiger partial charge is 0.492 e. The molecule has 0 radical (unpaired) electrons. The van der Waals surface area contributed by atoms with Crippen molar-refractivity contribution in [3.8, 4) is 11.5 Å². The van der Waals surface area contributed by atoms with Crippen LogP contribution in [0.4, 0.5) is 11.4 Å². The van der Waals surface area contributed by atoms with E-state index in [0.717, 1.165) is 25.2 Å². The third-order valence-electron chi connectivity index (χ3n) is 4.58. The fourth-order valence-corrected chi connectivity index (χ4v) is 3.06. The van der Waals surface area contributed by atoms with Crippen molar-refractivity contribution in [2.45, 2.75) is 40.5 Å². The molecule has 30 heavy (non-hydrogen) atoms. The van der Waals surface area contributed by atoms with Gasteiger partial charge in [-0.3, -0.25) is 9.59 Å². The van der Waals surface area contributed by atoms with E-state index < -0.39 is 5.91 Å². The van der Waals surface area contributed by atoms with E-state index in [1.807, 2.05) is 33.8 Å². The second-order valence-electron chi connectivity index (χ2n) is 7.42. The Morgan fingerprint density at radius 3 is 2.40 bits per heavy atom. The van der Waals surface area contributed by atoms with Crippen LogP contribution in [0.15, 0.2) is 12.1 Å². The molecule has 1 aliphatic heterocycles. The highest BCUT2D eigenvalue weighted by atomic mass is 16.5. The van der Waals surface area contributed by atoms with Crippen molar-refractivity contribution >= 4 is 23.3 Å². The highest BCUT2D eigenvalue weighted by Crippen LogP contribution is 2.39. The van der Waals surface area contributed by atoms with Crippen LogP contribution in [0.3, 0.4) is 0 Å². The van der Waals surface area contributed by atoms with E-state index in [1.54, 1.807) is 6.07 Å². The van der Waals surface area contributed by atoms with E-state index in [4.69, 9.17) is 18.9 Å². The predicted octanol–water partition coefficient (Wildman–Crippen LogP) is 3.24. The lowest BCUT2D eigenvalue weighted by Crippen LogP contribution is -2.36. The molecule has 0 unspecified atom stereocenters. The van der Waals surface area contributed by atoms with Crippen LogP contribution in [0.25, 0.3) is 0 Å². The number of nitrogens with one attached hydrogen (secondary N) is 1. The molecular weight excluding hydrogens is 388 g/mol. The Hall–Kier alpha value is -2.48. The van der Waals surface area contributed by atoms with Crippen molar-refractivity contribution in [3.05, 3.63) is 12.1 Å². The molecule has 0 bridgehead atoms. The fraction of sp³-hybridized carbons (Fsp3) is 0.636. The number of ether oxygens (including phenoxy) is 4. The third-order valence-corrected chi connectivity index (χ3v) is 4.58. The van der Waals surface area contributed by atoms with Crippen molar-refractivity contribution in [2.75, 3.05) is 56.3 Å². The van der Waals surface area contributed by atoms with E-state index in [2.05, 4.69) is 10.2 Å². The maximum Gasteiger partial charge on any atom is 0.306 e. The Morgan fingerprint density at radius 2 is 1.77 bits per heavy atom. The molecule has 1 amide bonds. The Kier molecular flexibility index (Phi) is 9.73. The lowest BCUT2D eigenvalue weighted by molar-refractivity contribution is -0.147. The lowest BCUT2D eigenvalue weighted by Gasteiger charge is -2.31. The summed E-state index contributed by atoms with van der Waals surface area (Å²) in [7, 11) is 0. The molecule has 1 aromatic carbocycles. The predicted molar refractivity (Wildman–Crippen MR) is 115 cm³/mol. The first-order valence-electron chi connectivity index (χ1n) is 10.7.